The topological polar surface area (TPSA) is 69.6 Å². The van der Waals surface area contributed by atoms with Gasteiger partial charge in [0.05, 0.1) is 6.42 Å². The van der Waals surface area contributed by atoms with Crippen molar-refractivity contribution in [1.82, 2.24) is 10.2 Å². The van der Waals surface area contributed by atoms with E-state index in [4.69, 9.17) is 5.11 Å². The van der Waals surface area contributed by atoms with Crippen LogP contribution in [0.15, 0.2) is 0 Å². The number of likely N-dealkylation sites (tertiary alicyclic amines) is 1. The zero-order valence-electron chi connectivity index (χ0n) is 13.3. The van der Waals surface area contributed by atoms with Crippen LogP contribution >= 0.6 is 0 Å². The molecule has 3 unspecified atom stereocenters. The van der Waals surface area contributed by atoms with Crippen molar-refractivity contribution in [1.29, 1.82) is 0 Å². The van der Waals surface area contributed by atoms with E-state index < -0.39 is 5.97 Å². The van der Waals surface area contributed by atoms with Crippen molar-refractivity contribution >= 4 is 12.0 Å². The molecule has 5 nitrogen and oxygen atoms in total. The lowest BCUT2D eigenvalue weighted by Gasteiger charge is -2.29. The van der Waals surface area contributed by atoms with Crippen LogP contribution < -0.4 is 5.32 Å². The molecule has 116 valence electrons. The lowest BCUT2D eigenvalue weighted by atomic mass is 9.87. The molecule has 0 aromatic rings. The van der Waals surface area contributed by atoms with Gasteiger partial charge in [-0.1, -0.05) is 27.7 Å². The Morgan fingerprint density at radius 3 is 2.35 bits per heavy atom. The lowest BCUT2D eigenvalue weighted by molar-refractivity contribution is -0.137. The number of hydrogen-bond donors (Lipinski definition) is 2. The van der Waals surface area contributed by atoms with E-state index in [1.807, 2.05) is 11.8 Å². The quantitative estimate of drug-likeness (QED) is 0.834. The monoisotopic (exact) mass is 284 g/mol. The average molecular weight is 284 g/mol. The van der Waals surface area contributed by atoms with Crippen molar-refractivity contribution in [2.45, 2.75) is 66.0 Å². The number of rotatable bonds is 4. The van der Waals surface area contributed by atoms with Crippen LogP contribution in [0.4, 0.5) is 4.79 Å². The molecule has 0 aromatic heterocycles. The van der Waals surface area contributed by atoms with Crippen LogP contribution in [-0.2, 0) is 4.79 Å². The SMILES string of the molecule is CC1CC(C)N(C(=O)NC(CC(=O)O)CC(C)(C)C)C1. The van der Waals surface area contributed by atoms with Crippen LogP contribution in [0.25, 0.3) is 0 Å². The fraction of sp³-hybridized carbons (Fsp3) is 0.867. The summed E-state index contributed by atoms with van der Waals surface area (Å²) in [6, 6.07) is -0.217. The van der Waals surface area contributed by atoms with E-state index in [2.05, 4.69) is 33.0 Å². The number of carbonyl (C=O) groups is 2. The Balaban J connectivity index is 2.64. The number of nitrogens with zero attached hydrogens (tertiary/aromatic N) is 1. The molecule has 0 radical (unpaired) electrons. The Morgan fingerprint density at radius 1 is 1.35 bits per heavy atom. The summed E-state index contributed by atoms with van der Waals surface area (Å²) in [5.41, 5.74) is -0.0166. The Morgan fingerprint density at radius 2 is 1.95 bits per heavy atom. The van der Waals surface area contributed by atoms with Gasteiger partial charge in [-0.3, -0.25) is 4.79 Å². The number of amides is 2. The molecule has 0 aliphatic carbocycles. The van der Waals surface area contributed by atoms with Crippen LogP contribution in [0.1, 0.15) is 53.9 Å². The minimum absolute atomic E-state index is 0.0166. The van der Waals surface area contributed by atoms with Crippen LogP contribution in [-0.4, -0.2) is 40.6 Å². The highest BCUT2D eigenvalue weighted by Crippen LogP contribution is 2.24. The minimum Gasteiger partial charge on any atom is -0.481 e. The molecule has 3 atom stereocenters. The Hall–Kier alpha value is -1.26. The van der Waals surface area contributed by atoms with Crippen molar-refractivity contribution in [3.63, 3.8) is 0 Å². The maximum absolute atomic E-state index is 12.3. The van der Waals surface area contributed by atoms with Gasteiger partial charge in [-0.05, 0) is 31.1 Å². The zero-order chi connectivity index (χ0) is 15.5. The number of carboxylic acid groups (broad SMARTS) is 1. The summed E-state index contributed by atoms with van der Waals surface area (Å²) >= 11 is 0. The van der Waals surface area contributed by atoms with Crippen LogP contribution in [0.2, 0.25) is 0 Å². The molecule has 0 spiro atoms. The van der Waals surface area contributed by atoms with Gasteiger partial charge in [-0.2, -0.15) is 0 Å². The molecule has 5 heteroatoms. The summed E-state index contributed by atoms with van der Waals surface area (Å²) in [5, 5.41) is 11.9. The summed E-state index contributed by atoms with van der Waals surface area (Å²) in [5.74, 6) is -0.362. The normalized spacial score (nSPS) is 24.6. The Kier molecular flexibility index (Phi) is 5.42. The van der Waals surface area contributed by atoms with E-state index >= 15 is 0 Å². The van der Waals surface area contributed by atoms with Gasteiger partial charge in [-0.25, -0.2) is 4.79 Å². The van der Waals surface area contributed by atoms with Gasteiger partial charge in [-0.15, -0.1) is 0 Å². The molecule has 20 heavy (non-hydrogen) atoms. The molecule has 1 heterocycles. The third kappa shape index (κ3) is 5.39. The summed E-state index contributed by atoms with van der Waals surface area (Å²) in [6.07, 6.45) is 1.64. The van der Waals surface area contributed by atoms with E-state index in [9.17, 15) is 9.59 Å². The van der Waals surface area contributed by atoms with Gasteiger partial charge < -0.3 is 15.3 Å². The molecule has 0 saturated carbocycles. The molecule has 1 rings (SSSR count). The third-order valence-corrected chi connectivity index (χ3v) is 3.65. The summed E-state index contributed by atoms with van der Waals surface area (Å²) < 4.78 is 0. The smallest absolute Gasteiger partial charge is 0.317 e. The third-order valence-electron chi connectivity index (χ3n) is 3.65. The van der Waals surface area contributed by atoms with Crippen molar-refractivity contribution < 1.29 is 14.7 Å². The fourth-order valence-electron chi connectivity index (χ4n) is 2.96. The second-order valence-electron chi connectivity index (χ2n) is 7.35. The fourth-order valence-corrected chi connectivity index (χ4v) is 2.96. The van der Waals surface area contributed by atoms with E-state index in [1.165, 1.54) is 0 Å². The highest BCUT2D eigenvalue weighted by atomic mass is 16.4. The number of aliphatic carboxylic acids is 1. The highest BCUT2D eigenvalue weighted by molar-refractivity contribution is 5.76. The van der Waals surface area contributed by atoms with Crippen molar-refractivity contribution in [3.05, 3.63) is 0 Å². The lowest BCUT2D eigenvalue weighted by Crippen LogP contribution is -2.47. The summed E-state index contributed by atoms with van der Waals surface area (Å²) in [4.78, 5) is 25.1. The highest BCUT2D eigenvalue weighted by Gasteiger charge is 2.32. The first kappa shape index (κ1) is 16.8. The second kappa shape index (κ2) is 6.46. The van der Waals surface area contributed by atoms with Crippen molar-refractivity contribution in [2.75, 3.05) is 6.54 Å². The van der Waals surface area contributed by atoms with Crippen LogP contribution in [0.5, 0.6) is 0 Å². The van der Waals surface area contributed by atoms with Crippen LogP contribution in [0, 0.1) is 11.3 Å². The Bertz CT molecular complexity index is 363. The first-order valence-corrected chi connectivity index (χ1v) is 7.37. The molecule has 0 bridgehead atoms. The number of carboxylic acids is 1. The molecule has 1 aliphatic rings. The summed E-state index contributed by atoms with van der Waals surface area (Å²) in [7, 11) is 0. The molecular formula is C15H28N2O3. The summed E-state index contributed by atoms with van der Waals surface area (Å²) in [6.45, 7) is 11.1. The van der Waals surface area contributed by atoms with Crippen molar-refractivity contribution in [2.24, 2.45) is 11.3 Å². The van der Waals surface area contributed by atoms with E-state index in [-0.39, 0.29) is 30.0 Å². The molecule has 2 N–H and O–H groups in total. The van der Waals surface area contributed by atoms with Gasteiger partial charge in [0, 0.05) is 18.6 Å². The van der Waals surface area contributed by atoms with Gasteiger partial charge in [0.1, 0.15) is 0 Å². The maximum Gasteiger partial charge on any atom is 0.317 e. The maximum atomic E-state index is 12.3. The van der Waals surface area contributed by atoms with E-state index in [1.54, 1.807) is 0 Å². The number of hydrogen-bond acceptors (Lipinski definition) is 2. The number of urea groups is 1. The second-order valence-corrected chi connectivity index (χ2v) is 7.35. The first-order valence-electron chi connectivity index (χ1n) is 7.37. The average Bonchev–Trinajstić information content (AvgIpc) is 2.53. The number of nitrogens with one attached hydrogen (secondary N) is 1. The molecule has 1 aliphatic heterocycles. The van der Waals surface area contributed by atoms with E-state index in [0.717, 1.165) is 13.0 Å². The standard InChI is InChI=1S/C15H28N2O3/c1-10-6-11(2)17(9-10)14(20)16-12(7-13(18)19)8-15(3,4)5/h10-12H,6-9H2,1-5H3,(H,16,20)(H,18,19). The van der Waals surface area contributed by atoms with Crippen LogP contribution in [0.3, 0.4) is 0 Å². The van der Waals surface area contributed by atoms with Gasteiger partial charge in [0.15, 0.2) is 0 Å². The Labute approximate surface area is 121 Å². The largest absolute Gasteiger partial charge is 0.481 e. The number of carbonyl (C=O) groups excluding carboxylic acids is 1. The van der Waals surface area contributed by atoms with Gasteiger partial charge >= 0.3 is 12.0 Å². The zero-order valence-corrected chi connectivity index (χ0v) is 13.3. The minimum atomic E-state index is -0.873. The first-order chi connectivity index (χ1) is 9.08. The van der Waals surface area contributed by atoms with Crippen molar-refractivity contribution in [3.8, 4) is 0 Å². The van der Waals surface area contributed by atoms with Gasteiger partial charge in [0.2, 0.25) is 0 Å². The molecule has 1 fully saturated rings. The predicted molar refractivity (Wildman–Crippen MR) is 78.6 cm³/mol. The molecule has 2 amide bonds. The van der Waals surface area contributed by atoms with Gasteiger partial charge in [0.25, 0.3) is 0 Å². The predicted octanol–water partition coefficient (Wildman–Crippen LogP) is 2.71. The molecule has 0 aromatic carbocycles. The molecule has 1 saturated heterocycles. The van der Waals surface area contributed by atoms with E-state index in [0.29, 0.717) is 12.3 Å². The molecular weight excluding hydrogens is 256 g/mol.